The van der Waals surface area contributed by atoms with Crippen LogP contribution in [0.1, 0.15) is 106 Å². The van der Waals surface area contributed by atoms with E-state index in [-0.39, 0.29) is 29.5 Å². The zero-order valence-corrected chi connectivity index (χ0v) is 40.5. The molecule has 0 spiro atoms. The van der Waals surface area contributed by atoms with E-state index >= 15 is 4.79 Å². The lowest BCUT2D eigenvalue weighted by Gasteiger charge is -2.70. The second-order valence-electron chi connectivity index (χ2n) is 23.2. The van der Waals surface area contributed by atoms with E-state index < -0.39 is 155 Å². The van der Waals surface area contributed by atoms with E-state index in [1.807, 2.05) is 19.9 Å². The standard InChI is InChI=1S/C48H72O22/c1-43(2)23-8-11-48(7)36(21(50)16-19-20-17-45(4,42(64)65)13-12-44(20,3)14-15-47(19,48)6)46(23,5)10-9-24(43)66-41-35(70-40-30(57)27(54)28(55)33(68-40)37(59)60)32(31(58)34(69-41)38(61)62)67-39(63)29(56)26(53)25(52)22(51)18-49/h16,20,22-36,40-41,49,51-58H,8-15,17-18H2,1-7H3,(H,59,60)(H,61,62)(H,64,65)/t20-,22+,23-,24-,25+,26-,27-,28-,29+,30+,31-,32-,33-,34-,35+,36+,40-,41-,44+,45-,46-,47+,48+/m0/s1. The average molecular weight is 1000 g/mol. The highest BCUT2D eigenvalue weighted by atomic mass is 16.8. The van der Waals surface area contributed by atoms with Gasteiger partial charge in [0, 0.05) is 5.92 Å². The summed E-state index contributed by atoms with van der Waals surface area (Å²) in [5.41, 5.74) is -2.59. The first-order valence-electron chi connectivity index (χ1n) is 24.2. The van der Waals surface area contributed by atoms with Crippen molar-refractivity contribution in [1.29, 1.82) is 0 Å². The van der Waals surface area contributed by atoms with Gasteiger partial charge < -0.3 is 85.0 Å². The van der Waals surface area contributed by atoms with Gasteiger partial charge in [-0.05, 0) is 110 Å². The van der Waals surface area contributed by atoms with E-state index in [9.17, 15) is 80.5 Å². The van der Waals surface area contributed by atoms with Crippen molar-refractivity contribution >= 4 is 29.7 Å². The molecule has 22 heteroatoms. The number of rotatable bonds is 13. The van der Waals surface area contributed by atoms with Crippen molar-refractivity contribution < 1.29 is 109 Å². The summed E-state index contributed by atoms with van der Waals surface area (Å²) in [6.45, 7) is 13.2. The first-order valence-corrected chi connectivity index (χ1v) is 24.2. The number of hydrogen-bond donors (Lipinski definition) is 12. The third-order valence-corrected chi connectivity index (χ3v) is 18.9. The molecule has 0 aromatic carbocycles. The molecule has 7 rings (SSSR count). The molecule has 0 aromatic rings. The second-order valence-corrected chi connectivity index (χ2v) is 23.2. The Bertz CT molecular complexity index is 2080. The Hall–Kier alpha value is -3.23. The smallest absolute Gasteiger partial charge is 0.338 e. The average Bonchev–Trinajstić information content (AvgIpc) is 3.28. The van der Waals surface area contributed by atoms with Gasteiger partial charge in [-0.15, -0.1) is 0 Å². The number of ketones is 1. The zero-order chi connectivity index (χ0) is 52.2. The van der Waals surface area contributed by atoms with Crippen LogP contribution in [0.25, 0.3) is 0 Å². The number of aliphatic hydroxyl groups is 9. The van der Waals surface area contributed by atoms with Crippen LogP contribution in [0.2, 0.25) is 0 Å². The highest BCUT2D eigenvalue weighted by Crippen LogP contribution is 2.75. The molecule has 0 aromatic heterocycles. The van der Waals surface area contributed by atoms with Crippen molar-refractivity contribution in [2.75, 3.05) is 6.61 Å². The van der Waals surface area contributed by atoms with Crippen molar-refractivity contribution in [3.8, 4) is 0 Å². The summed E-state index contributed by atoms with van der Waals surface area (Å²) >= 11 is 0. The van der Waals surface area contributed by atoms with Gasteiger partial charge >= 0.3 is 23.9 Å². The second kappa shape index (κ2) is 18.9. The van der Waals surface area contributed by atoms with Crippen LogP contribution in [0.3, 0.4) is 0 Å². The number of ether oxygens (including phenoxy) is 5. The fraction of sp³-hybridized carbons (Fsp3) is 0.854. The van der Waals surface area contributed by atoms with Gasteiger partial charge in [-0.1, -0.05) is 47.1 Å². The van der Waals surface area contributed by atoms with Crippen LogP contribution in [0.4, 0.5) is 0 Å². The maximum Gasteiger partial charge on any atom is 0.338 e. The van der Waals surface area contributed by atoms with Gasteiger partial charge in [0.05, 0.1) is 18.1 Å². The third-order valence-electron chi connectivity index (χ3n) is 18.9. The highest BCUT2D eigenvalue weighted by Gasteiger charge is 2.71. The lowest BCUT2D eigenvalue weighted by atomic mass is 9.33. The van der Waals surface area contributed by atoms with Crippen LogP contribution >= 0.6 is 0 Å². The minimum Gasteiger partial charge on any atom is -0.481 e. The number of hydrogen-bond acceptors (Lipinski definition) is 19. The summed E-state index contributed by atoms with van der Waals surface area (Å²) in [5, 5.41) is 124. The van der Waals surface area contributed by atoms with Gasteiger partial charge in [-0.25, -0.2) is 14.4 Å². The third kappa shape index (κ3) is 8.62. The molecule has 2 saturated heterocycles. The minimum atomic E-state index is -2.73. The molecule has 70 heavy (non-hydrogen) atoms. The summed E-state index contributed by atoms with van der Waals surface area (Å²) in [6, 6.07) is 0. The summed E-state index contributed by atoms with van der Waals surface area (Å²) in [7, 11) is 0. The Morgan fingerprint density at radius 2 is 1.31 bits per heavy atom. The molecule has 396 valence electrons. The van der Waals surface area contributed by atoms with Gasteiger partial charge in [0.15, 0.2) is 48.9 Å². The Balaban J connectivity index is 1.22. The van der Waals surface area contributed by atoms with Gasteiger partial charge in [0.25, 0.3) is 0 Å². The lowest BCUT2D eigenvalue weighted by molar-refractivity contribution is -0.372. The molecule has 0 amide bonds. The number of carboxylic acid groups (broad SMARTS) is 3. The number of allylic oxidation sites excluding steroid dienone is 2. The molecule has 2 aliphatic heterocycles. The highest BCUT2D eigenvalue weighted by molar-refractivity contribution is 5.95. The topological polar surface area (TPSA) is 374 Å². The van der Waals surface area contributed by atoms with E-state index in [1.165, 1.54) is 0 Å². The number of aliphatic hydroxyl groups excluding tert-OH is 9. The number of esters is 1. The molecular weight excluding hydrogens is 929 g/mol. The van der Waals surface area contributed by atoms with Crippen molar-refractivity contribution in [2.45, 2.75) is 198 Å². The molecule has 0 unspecified atom stereocenters. The van der Waals surface area contributed by atoms with Crippen LogP contribution in [0, 0.1) is 50.2 Å². The largest absolute Gasteiger partial charge is 0.481 e. The van der Waals surface area contributed by atoms with E-state index in [0.29, 0.717) is 32.1 Å². The summed E-state index contributed by atoms with van der Waals surface area (Å²) in [4.78, 5) is 65.8. The molecule has 7 aliphatic rings. The fourth-order valence-electron chi connectivity index (χ4n) is 14.4. The number of carbonyl (C=O) groups excluding carboxylic acids is 2. The number of carboxylic acids is 3. The van der Waals surface area contributed by atoms with Crippen LogP contribution in [0.15, 0.2) is 11.6 Å². The maximum absolute atomic E-state index is 15.0. The number of carbonyl (C=O) groups is 5. The molecule has 22 nitrogen and oxygen atoms in total. The van der Waals surface area contributed by atoms with Gasteiger partial charge in [0.2, 0.25) is 0 Å². The number of aliphatic carboxylic acids is 3. The fourth-order valence-corrected chi connectivity index (χ4v) is 14.4. The van der Waals surface area contributed by atoms with Crippen LogP contribution in [0.5, 0.6) is 0 Å². The normalized spacial score (nSPS) is 47.4. The number of fused-ring (bicyclic) bond motifs is 7. The van der Waals surface area contributed by atoms with Crippen molar-refractivity contribution in [3.63, 3.8) is 0 Å². The Morgan fingerprint density at radius 1 is 0.714 bits per heavy atom. The van der Waals surface area contributed by atoms with Crippen LogP contribution in [-0.2, 0) is 47.7 Å². The summed E-state index contributed by atoms with van der Waals surface area (Å²) < 4.78 is 29.1. The quantitative estimate of drug-likeness (QED) is 0.0796. The Morgan fingerprint density at radius 3 is 1.91 bits per heavy atom. The molecule has 5 aliphatic carbocycles. The molecule has 0 bridgehead atoms. The SMILES string of the molecule is CC1(C)[C@@H](O[C@H]2O[C@H](C(=O)O)[C@@H](O)[C@H](OC(=O)[C@H](O)[C@@H](O)[C@H](O)[C@H](O)CO)[C@H]2O[C@@H]2O[C@H](C(=O)O)[C@@H](O)[C@H](O)[C@H]2O)CC[C@]2(C)[C@H]3C(=O)C=C4[C@@H]5C[C@@](C)(C(=O)O)CC[C@]5(C)CC[C@@]4(C)[C@]3(C)CC[C@@H]12. The van der Waals surface area contributed by atoms with E-state index in [4.69, 9.17) is 23.7 Å². The molecule has 0 radical (unpaired) electrons. The monoisotopic (exact) mass is 1000 g/mol. The van der Waals surface area contributed by atoms with Gasteiger partial charge in [0.1, 0.15) is 42.7 Å². The van der Waals surface area contributed by atoms with Crippen LogP contribution < -0.4 is 0 Å². The van der Waals surface area contributed by atoms with Gasteiger partial charge in [-0.2, -0.15) is 0 Å². The first kappa shape index (κ1) is 54.5. The van der Waals surface area contributed by atoms with Gasteiger partial charge in [-0.3, -0.25) is 9.59 Å². The molecule has 6 fully saturated rings. The van der Waals surface area contributed by atoms with E-state index in [0.717, 1.165) is 24.8 Å². The summed E-state index contributed by atoms with van der Waals surface area (Å²) in [6.07, 6.45) is -25.9. The van der Waals surface area contributed by atoms with Crippen molar-refractivity contribution in [2.24, 2.45) is 50.2 Å². The Kier molecular flexibility index (Phi) is 14.7. The molecule has 12 N–H and O–H groups in total. The first-order chi connectivity index (χ1) is 32.3. The minimum absolute atomic E-state index is 0.0278. The molecule has 2 heterocycles. The zero-order valence-electron chi connectivity index (χ0n) is 40.5. The maximum atomic E-state index is 15.0. The van der Waals surface area contributed by atoms with E-state index in [2.05, 4.69) is 27.7 Å². The molecule has 4 saturated carbocycles. The summed E-state index contributed by atoms with van der Waals surface area (Å²) in [5.74, 6) is -7.17. The van der Waals surface area contributed by atoms with E-state index in [1.54, 1.807) is 6.92 Å². The molecule has 23 atom stereocenters. The Labute approximate surface area is 404 Å². The lowest BCUT2D eigenvalue weighted by Crippen LogP contribution is -2.68. The van der Waals surface area contributed by atoms with Crippen molar-refractivity contribution in [1.82, 2.24) is 0 Å². The van der Waals surface area contributed by atoms with Crippen LogP contribution in [-0.4, -0.2) is 189 Å². The predicted molar refractivity (Wildman–Crippen MR) is 234 cm³/mol. The van der Waals surface area contributed by atoms with Crippen molar-refractivity contribution in [3.05, 3.63) is 11.6 Å². The predicted octanol–water partition coefficient (Wildman–Crippen LogP) is -0.768. The molecular formula is C48H72O22.